The second-order valence-corrected chi connectivity index (χ2v) is 11.7. The molecule has 2 N–H and O–H groups in total. The first kappa shape index (κ1) is 28.9. The normalized spacial score (nSPS) is 11.9. The first-order chi connectivity index (χ1) is 19.1. The number of hydrogen-bond acceptors (Lipinski definition) is 4. The topological polar surface area (TPSA) is 95.6 Å². The Morgan fingerprint density at radius 1 is 0.850 bits per heavy atom. The fourth-order valence-corrected chi connectivity index (χ4v) is 5.68. The van der Waals surface area contributed by atoms with Gasteiger partial charge in [0.1, 0.15) is 6.54 Å². The average Bonchev–Trinajstić information content (AvgIpc) is 2.94. The van der Waals surface area contributed by atoms with Gasteiger partial charge in [-0.3, -0.25) is 13.9 Å². The molecule has 9 heteroatoms. The van der Waals surface area contributed by atoms with E-state index in [0.717, 1.165) is 21.0 Å². The van der Waals surface area contributed by atoms with Crippen LogP contribution in [0.4, 0.5) is 11.4 Å². The Labute approximate surface area is 239 Å². The van der Waals surface area contributed by atoms with Crippen molar-refractivity contribution in [2.75, 3.05) is 16.2 Å². The number of sulfonamides is 1. The number of nitrogens with zero attached hydrogens (tertiary/aromatic N) is 1. The van der Waals surface area contributed by atoms with Crippen molar-refractivity contribution in [3.63, 3.8) is 0 Å². The van der Waals surface area contributed by atoms with Gasteiger partial charge in [0.15, 0.2) is 0 Å². The van der Waals surface area contributed by atoms with Crippen molar-refractivity contribution >= 4 is 44.8 Å². The highest BCUT2D eigenvalue weighted by Gasteiger charge is 2.28. The highest BCUT2D eigenvalue weighted by Crippen LogP contribution is 2.27. The quantitative estimate of drug-likeness (QED) is 0.245. The van der Waals surface area contributed by atoms with Crippen LogP contribution in [0.2, 0.25) is 5.02 Å². The SMILES string of the molecule is Cc1ccc(N(CC(=O)Nc2ccccc2C(=O)N[C@H](C)c2ccccc2)S(=O)(=O)c2ccc(Cl)cc2)cc1C. The molecule has 0 saturated heterocycles. The number of rotatable bonds is 9. The highest BCUT2D eigenvalue weighted by molar-refractivity contribution is 7.92. The molecule has 4 rings (SSSR count). The molecule has 0 spiro atoms. The second-order valence-electron chi connectivity index (χ2n) is 9.43. The van der Waals surface area contributed by atoms with Crippen LogP contribution >= 0.6 is 11.6 Å². The summed E-state index contributed by atoms with van der Waals surface area (Å²) < 4.78 is 28.5. The molecular formula is C31H30ClN3O4S. The number of anilines is 2. The molecule has 4 aromatic rings. The van der Waals surface area contributed by atoms with E-state index in [1.165, 1.54) is 24.3 Å². The molecule has 0 aliphatic carbocycles. The first-order valence-corrected chi connectivity index (χ1v) is 14.5. The third kappa shape index (κ3) is 6.70. The van der Waals surface area contributed by atoms with Crippen molar-refractivity contribution in [2.45, 2.75) is 31.7 Å². The largest absolute Gasteiger partial charge is 0.345 e. The van der Waals surface area contributed by atoms with Crippen molar-refractivity contribution in [1.29, 1.82) is 0 Å². The maximum absolute atomic E-state index is 13.7. The van der Waals surface area contributed by atoms with Crippen molar-refractivity contribution in [3.8, 4) is 0 Å². The lowest BCUT2D eigenvalue weighted by atomic mass is 10.1. The molecule has 0 fully saturated rings. The zero-order valence-electron chi connectivity index (χ0n) is 22.4. The number of hydrogen-bond donors (Lipinski definition) is 2. The summed E-state index contributed by atoms with van der Waals surface area (Å²) in [5, 5.41) is 6.08. The van der Waals surface area contributed by atoms with Gasteiger partial charge in [0.25, 0.3) is 15.9 Å². The van der Waals surface area contributed by atoms with Crippen LogP contribution in [0.25, 0.3) is 0 Å². The van der Waals surface area contributed by atoms with Gasteiger partial charge in [0.2, 0.25) is 5.91 Å². The zero-order valence-corrected chi connectivity index (χ0v) is 24.0. The molecule has 0 heterocycles. The lowest BCUT2D eigenvalue weighted by Crippen LogP contribution is -2.38. The molecule has 40 heavy (non-hydrogen) atoms. The van der Waals surface area contributed by atoms with Crippen LogP contribution < -0.4 is 14.9 Å². The van der Waals surface area contributed by atoms with E-state index in [4.69, 9.17) is 11.6 Å². The Morgan fingerprint density at radius 3 is 2.17 bits per heavy atom. The summed E-state index contributed by atoms with van der Waals surface area (Å²) in [4.78, 5) is 26.5. The minimum Gasteiger partial charge on any atom is -0.345 e. The van der Waals surface area contributed by atoms with Crippen LogP contribution in [-0.2, 0) is 14.8 Å². The van der Waals surface area contributed by atoms with Crippen LogP contribution in [0.5, 0.6) is 0 Å². The minimum atomic E-state index is -4.13. The molecule has 4 aromatic carbocycles. The van der Waals surface area contributed by atoms with Gasteiger partial charge >= 0.3 is 0 Å². The molecule has 0 bridgehead atoms. The summed E-state index contributed by atoms with van der Waals surface area (Å²) in [5.41, 5.74) is 3.68. The molecule has 0 aliphatic heterocycles. The standard InChI is InChI=1S/C31H30ClN3O4S/c1-21-13-16-26(19-22(21)2)35(40(38,39)27-17-14-25(32)15-18-27)20-30(36)34-29-12-8-7-11-28(29)31(37)33-23(3)24-9-5-4-6-10-24/h4-19,23H,20H2,1-3H3,(H,33,37)(H,34,36)/t23-/m1/s1. The number of carbonyl (C=O) groups is 2. The molecule has 1 atom stereocenters. The lowest BCUT2D eigenvalue weighted by Gasteiger charge is -2.25. The highest BCUT2D eigenvalue weighted by atomic mass is 35.5. The molecule has 0 radical (unpaired) electrons. The van der Waals surface area contributed by atoms with E-state index in [2.05, 4.69) is 10.6 Å². The van der Waals surface area contributed by atoms with E-state index >= 15 is 0 Å². The van der Waals surface area contributed by atoms with Gasteiger partial charge in [-0.05, 0) is 86.0 Å². The fraction of sp³-hybridized carbons (Fsp3) is 0.161. The second kappa shape index (κ2) is 12.4. The van der Waals surface area contributed by atoms with Gasteiger partial charge in [-0.1, -0.05) is 60.1 Å². The Balaban J connectivity index is 1.60. The molecule has 2 amide bonds. The molecule has 206 valence electrons. The van der Waals surface area contributed by atoms with Crippen LogP contribution in [-0.4, -0.2) is 26.8 Å². The summed E-state index contributed by atoms with van der Waals surface area (Å²) in [6.45, 7) is 5.16. The number of aryl methyl sites for hydroxylation is 2. The van der Waals surface area contributed by atoms with Crippen LogP contribution in [0, 0.1) is 13.8 Å². The molecule has 0 saturated carbocycles. The van der Waals surface area contributed by atoms with E-state index in [1.807, 2.05) is 51.1 Å². The monoisotopic (exact) mass is 575 g/mol. The van der Waals surface area contributed by atoms with Gasteiger partial charge in [-0.25, -0.2) is 8.42 Å². The summed E-state index contributed by atoms with van der Waals surface area (Å²) in [6.07, 6.45) is 0. The van der Waals surface area contributed by atoms with Gasteiger partial charge in [-0.2, -0.15) is 0 Å². The Bertz CT molecular complexity index is 1620. The number of carbonyl (C=O) groups excluding carboxylic acids is 2. The average molecular weight is 576 g/mol. The van der Waals surface area contributed by atoms with Crippen molar-refractivity contribution < 1.29 is 18.0 Å². The zero-order chi connectivity index (χ0) is 28.9. The van der Waals surface area contributed by atoms with Gasteiger partial charge in [0, 0.05) is 5.02 Å². The van der Waals surface area contributed by atoms with E-state index in [0.29, 0.717) is 10.7 Å². The van der Waals surface area contributed by atoms with E-state index in [9.17, 15) is 18.0 Å². The number of amides is 2. The smallest absolute Gasteiger partial charge is 0.264 e. The number of para-hydroxylation sites is 1. The van der Waals surface area contributed by atoms with Crippen LogP contribution in [0.1, 0.15) is 40.0 Å². The Morgan fingerprint density at radius 2 is 1.50 bits per heavy atom. The summed E-state index contributed by atoms with van der Waals surface area (Å²) in [7, 11) is -4.13. The molecule has 7 nitrogen and oxygen atoms in total. The third-order valence-corrected chi connectivity index (χ3v) is 8.60. The van der Waals surface area contributed by atoms with Crippen molar-refractivity contribution in [2.24, 2.45) is 0 Å². The maximum atomic E-state index is 13.7. The maximum Gasteiger partial charge on any atom is 0.264 e. The van der Waals surface area contributed by atoms with Crippen molar-refractivity contribution in [1.82, 2.24) is 5.32 Å². The lowest BCUT2D eigenvalue weighted by molar-refractivity contribution is -0.114. The summed E-state index contributed by atoms with van der Waals surface area (Å²) >= 11 is 5.97. The van der Waals surface area contributed by atoms with Gasteiger partial charge in [0.05, 0.1) is 27.9 Å². The Hall–Kier alpha value is -4.14. The summed E-state index contributed by atoms with van der Waals surface area (Å²) in [5.74, 6) is -0.973. The number of halogens is 1. The molecule has 0 aromatic heterocycles. The first-order valence-electron chi connectivity index (χ1n) is 12.7. The van der Waals surface area contributed by atoms with Crippen molar-refractivity contribution in [3.05, 3.63) is 124 Å². The van der Waals surface area contributed by atoms with E-state index in [1.54, 1.807) is 42.5 Å². The molecule has 0 unspecified atom stereocenters. The van der Waals surface area contributed by atoms with E-state index < -0.39 is 22.5 Å². The third-order valence-electron chi connectivity index (χ3n) is 6.56. The molecule has 0 aliphatic rings. The van der Waals surface area contributed by atoms with E-state index in [-0.39, 0.29) is 28.1 Å². The van der Waals surface area contributed by atoms with Crippen LogP contribution in [0.3, 0.4) is 0 Å². The number of benzene rings is 4. The summed E-state index contributed by atoms with van der Waals surface area (Å²) in [6, 6.07) is 26.8. The van der Waals surface area contributed by atoms with Gasteiger partial charge < -0.3 is 10.6 Å². The molecular weight excluding hydrogens is 546 g/mol. The number of nitrogens with one attached hydrogen (secondary N) is 2. The predicted molar refractivity (Wildman–Crippen MR) is 159 cm³/mol. The Kier molecular flexibility index (Phi) is 8.92. The fourth-order valence-electron chi connectivity index (χ4n) is 4.14. The predicted octanol–water partition coefficient (Wildman–Crippen LogP) is 6.28. The van der Waals surface area contributed by atoms with Gasteiger partial charge in [-0.15, -0.1) is 0 Å². The van der Waals surface area contributed by atoms with Crippen LogP contribution in [0.15, 0.2) is 102 Å². The minimum absolute atomic E-state index is 0.00222.